The third kappa shape index (κ3) is 2.76. The number of benzene rings is 1. The first-order valence-corrected chi connectivity index (χ1v) is 4.64. The summed E-state index contributed by atoms with van der Waals surface area (Å²) in [4.78, 5) is 0. The SMILES string of the molecule is O[B]/C=C\c1cc(Br)cc(Cl)c1O. The van der Waals surface area contributed by atoms with Crippen LogP contribution in [0.5, 0.6) is 5.75 Å². The van der Waals surface area contributed by atoms with Gasteiger partial charge >= 0.3 is 7.48 Å². The molecular formula is C8H6BBrClO2. The summed E-state index contributed by atoms with van der Waals surface area (Å²) in [6, 6.07) is 3.29. The van der Waals surface area contributed by atoms with E-state index in [1.54, 1.807) is 18.2 Å². The fourth-order valence-corrected chi connectivity index (χ4v) is 1.69. The van der Waals surface area contributed by atoms with Gasteiger partial charge in [-0.15, -0.1) is 0 Å². The quantitative estimate of drug-likeness (QED) is 0.802. The van der Waals surface area contributed by atoms with Gasteiger partial charge in [-0.3, -0.25) is 0 Å². The van der Waals surface area contributed by atoms with Gasteiger partial charge in [0.15, 0.2) is 0 Å². The molecule has 0 aliphatic carbocycles. The van der Waals surface area contributed by atoms with Gasteiger partial charge in [-0.25, -0.2) is 0 Å². The van der Waals surface area contributed by atoms with E-state index in [1.165, 1.54) is 5.98 Å². The summed E-state index contributed by atoms with van der Waals surface area (Å²) in [5.74, 6) is 1.40. The number of hydrogen-bond acceptors (Lipinski definition) is 2. The van der Waals surface area contributed by atoms with Gasteiger partial charge in [0.05, 0.1) is 5.02 Å². The van der Waals surface area contributed by atoms with E-state index in [0.29, 0.717) is 5.56 Å². The largest absolute Gasteiger partial charge is 0.506 e. The van der Waals surface area contributed by atoms with Crippen molar-refractivity contribution in [2.24, 2.45) is 0 Å². The zero-order chi connectivity index (χ0) is 9.84. The average Bonchev–Trinajstić information content (AvgIpc) is 2.09. The van der Waals surface area contributed by atoms with E-state index in [2.05, 4.69) is 15.9 Å². The first-order chi connectivity index (χ1) is 6.15. The van der Waals surface area contributed by atoms with Crippen LogP contribution in [0.4, 0.5) is 0 Å². The Labute approximate surface area is 90.3 Å². The number of phenolic OH excluding ortho intramolecular Hbond substituents is 1. The smallest absolute Gasteiger partial charge is 0.318 e. The molecule has 0 atom stereocenters. The molecule has 2 N–H and O–H groups in total. The summed E-state index contributed by atoms with van der Waals surface area (Å²) in [7, 11) is 0.883. The Morgan fingerprint density at radius 2 is 2.15 bits per heavy atom. The van der Waals surface area contributed by atoms with Gasteiger partial charge in [0.2, 0.25) is 0 Å². The highest BCUT2D eigenvalue weighted by Crippen LogP contribution is 2.31. The molecule has 0 fully saturated rings. The first-order valence-electron chi connectivity index (χ1n) is 3.47. The van der Waals surface area contributed by atoms with Crippen LogP contribution < -0.4 is 0 Å². The van der Waals surface area contributed by atoms with Gasteiger partial charge in [0, 0.05) is 10.0 Å². The van der Waals surface area contributed by atoms with Crippen LogP contribution in [0.25, 0.3) is 6.08 Å². The standard InChI is InChI=1S/C8H6BBrClO2/c10-6-3-5(1-2-9-13)8(12)7(11)4-6/h1-4,12-13H/b2-1-. The maximum absolute atomic E-state index is 9.45. The summed E-state index contributed by atoms with van der Waals surface area (Å²) in [5.41, 5.74) is 0.546. The normalized spacial score (nSPS) is 10.7. The highest BCUT2D eigenvalue weighted by Gasteiger charge is 2.04. The molecule has 0 amide bonds. The molecule has 2 nitrogen and oxygen atoms in total. The summed E-state index contributed by atoms with van der Waals surface area (Å²) >= 11 is 8.95. The Morgan fingerprint density at radius 1 is 1.46 bits per heavy atom. The second kappa shape index (κ2) is 4.70. The highest BCUT2D eigenvalue weighted by molar-refractivity contribution is 9.10. The number of hydrogen-bond donors (Lipinski definition) is 2. The van der Waals surface area contributed by atoms with Gasteiger partial charge in [0.1, 0.15) is 5.75 Å². The molecule has 0 bridgehead atoms. The van der Waals surface area contributed by atoms with Gasteiger partial charge in [0.25, 0.3) is 0 Å². The maximum Gasteiger partial charge on any atom is 0.318 e. The molecule has 0 saturated heterocycles. The van der Waals surface area contributed by atoms with Crippen LogP contribution in [0.15, 0.2) is 22.6 Å². The van der Waals surface area contributed by atoms with Crippen molar-refractivity contribution in [2.45, 2.75) is 0 Å². The van der Waals surface area contributed by atoms with Gasteiger partial charge < -0.3 is 10.1 Å². The molecule has 0 saturated carbocycles. The predicted molar refractivity (Wildman–Crippen MR) is 57.8 cm³/mol. The molecule has 0 aliphatic rings. The number of aromatic hydroxyl groups is 1. The second-order valence-corrected chi connectivity index (χ2v) is 3.66. The first kappa shape index (κ1) is 10.6. The van der Waals surface area contributed by atoms with Crippen LogP contribution >= 0.6 is 27.5 Å². The van der Waals surface area contributed by atoms with Crippen LogP contribution in [0.3, 0.4) is 0 Å². The number of halogens is 2. The van der Waals surface area contributed by atoms with Crippen molar-refractivity contribution < 1.29 is 10.1 Å². The van der Waals surface area contributed by atoms with Crippen molar-refractivity contribution in [1.29, 1.82) is 0 Å². The lowest BCUT2D eigenvalue weighted by molar-refractivity contribution is 0.474. The van der Waals surface area contributed by atoms with E-state index in [4.69, 9.17) is 16.6 Å². The van der Waals surface area contributed by atoms with E-state index < -0.39 is 0 Å². The molecule has 67 valence electrons. The minimum absolute atomic E-state index is 0.00275. The third-order valence-corrected chi connectivity index (χ3v) is 2.17. The number of rotatable bonds is 2. The monoisotopic (exact) mass is 259 g/mol. The molecule has 1 aromatic rings. The summed E-state index contributed by atoms with van der Waals surface area (Å²) in [5, 5.41) is 18.1. The summed E-state index contributed by atoms with van der Waals surface area (Å²) in [6.45, 7) is 0. The van der Waals surface area contributed by atoms with E-state index in [0.717, 1.165) is 12.0 Å². The van der Waals surface area contributed by atoms with E-state index in [9.17, 15) is 5.11 Å². The highest BCUT2D eigenvalue weighted by atomic mass is 79.9. The lowest BCUT2D eigenvalue weighted by Gasteiger charge is -2.02. The molecule has 13 heavy (non-hydrogen) atoms. The fraction of sp³-hybridized carbons (Fsp3) is 0. The van der Waals surface area contributed by atoms with Gasteiger partial charge in [-0.2, -0.15) is 0 Å². The van der Waals surface area contributed by atoms with Crippen LogP contribution in [0.1, 0.15) is 5.56 Å². The minimum atomic E-state index is 0.00275. The molecule has 0 aromatic heterocycles. The van der Waals surface area contributed by atoms with Crippen molar-refractivity contribution in [3.63, 3.8) is 0 Å². The lowest BCUT2D eigenvalue weighted by Crippen LogP contribution is -1.81. The zero-order valence-corrected chi connectivity index (χ0v) is 8.88. The lowest BCUT2D eigenvalue weighted by atomic mass is 10.0. The predicted octanol–water partition coefficient (Wildman–Crippen LogP) is 2.39. The molecular weight excluding hydrogens is 254 g/mol. The average molecular weight is 260 g/mol. The molecule has 0 spiro atoms. The van der Waals surface area contributed by atoms with E-state index in [-0.39, 0.29) is 10.8 Å². The Bertz CT molecular complexity index is 341. The Kier molecular flexibility index (Phi) is 3.84. The maximum atomic E-state index is 9.45. The van der Waals surface area contributed by atoms with Crippen molar-refractivity contribution in [3.05, 3.63) is 33.2 Å². The molecule has 5 heteroatoms. The van der Waals surface area contributed by atoms with E-state index in [1.807, 2.05) is 0 Å². The third-order valence-electron chi connectivity index (χ3n) is 1.42. The van der Waals surface area contributed by atoms with Crippen LogP contribution in [-0.4, -0.2) is 17.6 Å². The number of phenols is 1. The van der Waals surface area contributed by atoms with Crippen molar-refractivity contribution in [1.82, 2.24) is 0 Å². The molecule has 1 aromatic carbocycles. The molecule has 1 rings (SSSR count). The molecule has 0 unspecified atom stereocenters. The summed E-state index contributed by atoms with van der Waals surface area (Å²) in [6.07, 6.45) is 1.55. The molecule has 0 aliphatic heterocycles. The van der Waals surface area contributed by atoms with Crippen molar-refractivity contribution >= 4 is 41.1 Å². The van der Waals surface area contributed by atoms with Crippen LogP contribution in [-0.2, 0) is 0 Å². The van der Waals surface area contributed by atoms with Crippen LogP contribution in [0, 0.1) is 0 Å². The zero-order valence-electron chi connectivity index (χ0n) is 6.54. The molecule has 1 radical (unpaired) electrons. The Morgan fingerprint density at radius 3 is 2.77 bits per heavy atom. The van der Waals surface area contributed by atoms with Gasteiger partial charge in [-0.1, -0.05) is 39.6 Å². The minimum Gasteiger partial charge on any atom is -0.506 e. The Balaban J connectivity index is 3.12. The Hall–Kier alpha value is -0.445. The second-order valence-electron chi connectivity index (χ2n) is 2.33. The molecule has 0 heterocycles. The van der Waals surface area contributed by atoms with E-state index >= 15 is 0 Å². The van der Waals surface area contributed by atoms with Gasteiger partial charge in [-0.05, 0) is 12.1 Å². The fourth-order valence-electron chi connectivity index (χ4n) is 0.860. The summed E-state index contributed by atoms with van der Waals surface area (Å²) < 4.78 is 0.771. The topological polar surface area (TPSA) is 40.5 Å². The van der Waals surface area contributed by atoms with Crippen molar-refractivity contribution in [3.8, 4) is 5.75 Å². The van der Waals surface area contributed by atoms with Crippen molar-refractivity contribution in [2.75, 3.05) is 0 Å². The van der Waals surface area contributed by atoms with Crippen LogP contribution in [0.2, 0.25) is 5.02 Å².